The largest absolute Gasteiger partial charge is 0.337 e. The Morgan fingerprint density at radius 3 is 2.80 bits per heavy atom. The van der Waals surface area contributed by atoms with Crippen molar-refractivity contribution in [2.45, 2.75) is 13.0 Å². The van der Waals surface area contributed by atoms with Gasteiger partial charge in [-0.25, -0.2) is 0 Å². The molecule has 2 heterocycles. The summed E-state index contributed by atoms with van der Waals surface area (Å²) >= 11 is 5.71. The van der Waals surface area contributed by atoms with Crippen LogP contribution in [0.5, 0.6) is 0 Å². The van der Waals surface area contributed by atoms with E-state index in [2.05, 4.69) is 15.1 Å². The van der Waals surface area contributed by atoms with Crippen molar-refractivity contribution in [2.24, 2.45) is 5.73 Å². The number of halogens is 1. The Morgan fingerprint density at radius 2 is 2.27 bits per heavy atom. The lowest BCUT2D eigenvalue weighted by Gasteiger charge is -1.94. The second kappa shape index (κ2) is 3.96. The smallest absolute Gasteiger partial charge is 0.243 e. The normalized spacial score (nSPS) is 12.7. The van der Waals surface area contributed by atoms with Crippen LogP contribution in [-0.4, -0.2) is 15.1 Å². The molecule has 2 aromatic heterocycles. The fourth-order valence-electron chi connectivity index (χ4n) is 1.03. The van der Waals surface area contributed by atoms with Crippen molar-refractivity contribution in [3.05, 3.63) is 29.2 Å². The molecule has 2 N–H and O–H groups in total. The first-order valence-electron chi connectivity index (χ1n) is 4.38. The lowest BCUT2D eigenvalue weighted by atomic mass is 10.3. The Labute approximate surface area is 91.3 Å². The van der Waals surface area contributed by atoms with Gasteiger partial charge in [0.05, 0.1) is 11.1 Å². The summed E-state index contributed by atoms with van der Waals surface area (Å²) in [4.78, 5) is 8.16. The van der Waals surface area contributed by atoms with Crippen LogP contribution in [0.1, 0.15) is 18.9 Å². The molecule has 0 unspecified atom stereocenters. The zero-order valence-electron chi connectivity index (χ0n) is 8.01. The lowest BCUT2D eigenvalue weighted by Crippen LogP contribution is -2.04. The molecule has 0 aliphatic carbocycles. The maximum Gasteiger partial charge on any atom is 0.243 e. The monoisotopic (exact) mass is 224 g/mol. The first-order chi connectivity index (χ1) is 7.16. The van der Waals surface area contributed by atoms with Gasteiger partial charge in [0, 0.05) is 6.20 Å². The molecule has 2 rings (SSSR count). The lowest BCUT2D eigenvalue weighted by molar-refractivity contribution is 0.362. The number of nitrogens with two attached hydrogens (primary N) is 1. The van der Waals surface area contributed by atoms with E-state index in [0.717, 1.165) is 0 Å². The molecule has 78 valence electrons. The topological polar surface area (TPSA) is 77.8 Å². The Bertz CT molecular complexity index is 451. The van der Waals surface area contributed by atoms with Gasteiger partial charge in [0.2, 0.25) is 11.7 Å². The van der Waals surface area contributed by atoms with Crippen LogP contribution in [0.25, 0.3) is 11.5 Å². The van der Waals surface area contributed by atoms with Gasteiger partial charge in [-0.15, -0.1) is 0 Å². The molecular weight excluding hydrogens is 216 g/mol. The summed E-state index contributed by atoms with van der Waals surface area (Å²) in [5, 5.41) is 4.33. The number of aromatic nitrogens is 3. The van der Waals surface area contributed by atoms with E-state index in [9.17, 15) is 0 Å². The number of nitrogens with zero attached hydrogens (tertiary/aromatic N) is 3. The summed E-state index contributed by atoms with van der Waals surface area (Å²) in [5.74, 6) is 0.806. The molecule has 0 aliphatic rings. The second-order valence-electron chi connectivity index (χ2n) is 3.11. The van der Waals surface area contributed by atoms with Crippen molar-refractivity contribution in [3.8, 4) is 11.5 Å². The van der Waals surface area contributed by atoms with Gasteiger partial charge in [0.1, 0.15) is 5.69 Å². The van der Waals surface area contributed by atoms with Gasteiger partial charge >= 0.3 is 0 Å². The Kier molecular flexibility index (Phi) is 2.66. The van der Waals surface area contributed by atoms with Gasteiger partial charge in [-0.3, -0.25) is 4.98 Å². The zero-order valence-corrected chi connectivity index (χ0v) is 8.77. The minimum atomic E-state index is -0.279. The van der Waals surface area contributed by atoms with Gasteiger partial charge in [-0.05, 0) is 19.1 Å². The molecule has 0 amide bonds. The molecule has 0 saturated carbocycles. The third-order valence-corrected chi connectivity index (χ3v) is 2.01. The minimum absolute atomic E-state index is 0.279. The average Bonchev–Trinajstić information content (AvgIpc) is 2.68. The molecule has 0 bridgehead atoms. The molecular formula is C9H9ClN4O. The van der Waals surface area contributed by atoms with E-state index in [1.165, 1.54) is 6.20 Å². The van der Waals surface area contributed by atoms with E-state index in [-0.39, 0.29) is 6.04 Å². The van der Waals surface area contributed by atoms with Crippen molar-refractivity contribution in [2.75, 3.05) is 0 Å². The highest BCUT2D eigenvalue weighted by Gasteiger charge is 2.12. The molecule has 0 aliphatic heterocycles. The van der Waals surface area contributed by atoms with Crippen molar-refractivity contribution in [1.82, 2.24) is 15.1 Å². The van der Waals surface area contributed by atoms with Crippen molar-refractivity contribution in [1.29, 1.82) is 0 Å². The highest BCUT2D eigenvalue weighted by atomic mass is 35.5. The maximum atomic E-state index is 5.71. The predicted octanol–water partition coefficient (Wildman–Crippen LogP) is 1.80. The van der Waals surface area contributed by atoms with Crippen LogP contribution in [0.2, 0.25) is 5.02 Å². The number of pyridine rings is 1. The first kappa shape index (κ1) is 10.1. The summed E-state index contributed by atoms with van der Waals surface area (Å²) in [5.41, 5.74) is 6.20. The van der Waals surface area contributed by atoms with Crippen LogP contribution in [0, 0.1) is 0 Å². The molecule has 15 heavy (non-hydrogen) atoms. The number of rotatable bonds is 2. The fraction of sp³-hybridized carbons (Fsp3) is 0.222. The van der Waals surface area contributed by atoms with Crippen LogP contribution in [0.3, 0.4) is 0 Å². The molecule has 0 fully saturated rings. The zero-order chi connectivity index (χ0) is 10.8. The average molecular weight is 225 g/mol. The molecule has 2 aromatic rings. The van der Waals surface area contributed by atoms with Crippen molar-refractivity contribution in [3.63, 3.8) is 0 Å². The van der Waals surface area contributed by atoms with Gasteiger partial charge in [0.25, 0.3) is 0 Å². The number of hydrogen-bond donors (Lipinski definition) is 1. The Morgan fingerprint density at radius 1 is 1.47 bits per heavy atom. The second-order valence-corrected chi connectivity index (χ2v) is 3.54. The number of hydrogen-bond acceptors (Lipinski definition) is 5. The quantitative estimate of drug-likeness (QED) is 0.842. The molecule has 0 saturated heterocycles. The van der Waals surface area contributed by atoms with Gasteiger partial charge in [0.15, 0.2) is 0 Å². The highest BCUT2D eigenvalue weighted by Crippen LogP contribution is 2.17. The van der Waals surface area contributed by atoms with Crippen molar-refractivity contribution >= 4 is 11.6 Å². The molecule has 0 radical (unpaired) electrons. The summed E-state index contributed by atoms with van der Waals surface area (Å²) in [6.07, 6.45) is 1.53. The van der Waals surface area contributed by atoms with E-state index < -0.39 is 0 Å². The molecule has 0 spiro atoms. The molecule has 6 heteroatoms. The molecule has 1 atom stereocenters. The summed E-state index contributed by atoms with van der Waals surface area (Å²) < 4.78 is 4.95. The van der Waals surface area contributed by atoms with Gasteiger partial charge in [-0.2, -0.15) is 4.98 Å². The predicted molar refractivity (Wildman–Crippen MR) is 55.1 cm³/mol. The van der Waals surface area contributed by atoms with E-state index in [0.29, 0.717) is 22.4 Å². The van der Waals surface area contributed by atoms with E-state index in [4.69, 9.17) is 21.9 Å². The fourth-order valence-corrected chi connectivity index (χ4v) is 1.14. The van der Waals surface area contributed by atoms with Crippen LogP contribution in [0.15, 0.2) is 22.9 Å². The van der Waals surface area contributed by atoms with Crippen LogP contribution in [0.4, 0.5) is 0 Å². The van der Waals surface area contributed by atoms with E-state index in [1.54, 1.807) is 19.1 Å². The SMILES string of the molecule is C[C@H](N)c1nc(-c2ccc(Cl)cn2)no1. The maximum absolute atomic E-state index is 5.71. The van der Waals surface area contributed by atoms with Gasteiger partial charge in [-0.1, -0.05) is 16.8 Å². The molecule has 5 nitrogen and oxygen atoms in total. The molecule has 0 aromatic carbocycles. The van der Waals surface area contributed by atoms with Crippen LogP contribution < -0.4 is 5.73 Å². The summed E-state index contributed by atoms with van der Waals surface area (Å²) in [6, 6.07) is 3.16. The third kappa shape index (κ3) is 2.14. The van der Waals surface area contributed by atoms with Crippen LogP contribution in [-0.2, 0) is 0 Å². The first-order valence-corrected chi connectivity index (χ1v) is 4.75. The standard InChI is InChI=1S/C9H9ClN4O/c1-5(11)9-13-8(14-15-9)7-3-2-6(10)4-12-7/h2-5H,11H2,1H3/t5-/m0/s1. The van der Waals surface area contributed by atoms with E-state index in [1.807, 2.05) is 0 Å². The van der Waals surface area contributed by atoms with Crippen molar-refractivity contribution < 1.29 is 4.52 Å². The summed E-state index contributed by atoms with van der Waals surface area (Å²) in [6.45, 7) is 1.77. The van der Waals surface area contributed by atoms with Gasteiger partial charge < -0.3 is 10.3 Å². The van der Waals surface area contributed by atoms with Crippen LogP contribution >= 0.6 is 11.6 Å². The third-order valence-electron chi connectivity index (χ3n) is 1.79. The Hall–Kier alpha value is -1.46. The summed E-state index contributed by atoms with van der Waals surface area (Å²) in [7, 11) is 0. The minimum Gasteiger partial charge on any atom is -0.337 e. The van der Waals surface area contributed by atoms with E-state index >= 15 is 0 Å². The highest BCUT2D eigenvalue weighted by molar-refractivity contribution is 6.30. The Balaban J connectivity index is 2.33.